The van der Waals surface area contributed by atoms with Crippen LogP contribution in [0.15, 0.2) is 36.4 Å². The minimum absolute atomic E-state index is 0.796. The largest absolute Gasteiger partial charge is 0.316 e. The second-order valence-electron chi connectivity index (χ2n) is 4.34. The van der Waals surface area contributed by atoms with Gasteiger partial charge in [-0.15, -0.1) is 0 Å². The highest BCUT2D eigenvalue weighted by atomic mass is 14.9. The van der Waals surface area contributed by atoms with Crippen molar-refractivity contribution in [2.24, 2.45) is 11.8 Å². The molecule has 3 rings (SSSR count). The van der Waals surface area contributed by atoms with E-state index in [1.165, 1.54) is 25.1 Å². The molecule has 1 fully saturated rings. The molecule has 1 aliphatic carbocycles. The summed E-state index contributed by atoms with van der Waals surface area (Å²) in [7, 11) is 0. The summed E-state index contributed by atoms with van der Waals surface area (Å²) < 4.78 is 0. The Morgan fingerprint density at radius 3 is 2.71 bits per heavy atom. The molecule has 2 atom stereocenters. The van der Waals surface area contributed by atoms with Crippen LogP contribution in [0, 0.1) is 11.8 Å². The van der Waals surface area contributed by atoms with E-state index in [1.54, 1.807) is 5.57 Å². The van der Waals surface area contributed by atoms with E-state index in [4.69, 9.17) is 0 Å². The lowest BCUT2D eigenvalue weighted by Crippen LogP contribution is -2.09. The maximum Gasteiger partial charge on any atom is 0.00178 e. The molecular formula is C13H15N. The number of hydrogen-bond acceptors (Lipinski definition) is 1. The van der Waals surface area contributed by atoms with Crippen LogP contribution in [-0.4, -0.2) is 13.1 Å². The molecule has 0 radical (unpaired) electrons. The van der Waals surface area contributed by atoms with Gasteiger partial charge in [-0.3, -0.25) is 0 Å². The minimum Gasteiger partial charge on any atom is -0.316 e. The fourth-order valence-corrected chi connectivity index (χ4v) is 2.65. The SMILES string of the molecule is C1=C(c2ccccc2)CC2CNCC12. The van der Waals surface area contributed by atoms with Gasteiger partial charge in [0.05, 0.1) is 0 Å². The highest BCUT2D eigenvalue weighted by Gasteiger charge is 2.31. The number of allylic oxidation sites excluding steroid dienone is 1. The van der Waals surface area contributed by atoms with Crippen LogP contribution < -0.4 is 5.32 Å². The smallest absolute Gasteiger partial charge is 0.00178 e. The molecule has 2 aliphatic rings. The van der Waals surface area contributed by atoms with Crippen molar-refractivity contribution in [1.82, 2.24) is 5.32 Å². The highest BCUT2D eigenvalue weighted by molar-refractivity contribution is 5.68. The van der Waals surface area contributed by atoms with E-state index >= 15 is 0 Å². The second-order valence-corrected chi connectivity index (χ2v) is 4.34. The summed E-state index contributed by atoms with van der Waals surface area (Å²) in [5.41, 5.74) is 2.98. The summed E-state index contributed by atoms with van der Waals surface area (Å²) in [4.78, 5) is 0. The minimum atomic E-state index is 0.796. The van der Waals surface area contributed by atoms with Gasteiger partial charge in [-0.1, -0.05) is 36.4 Å². The first-order chi connectivity index (χ1) is 6.93. The van der Waals surface area contributed by atoms with Crippen LogP contribution in [0.25, 0.3) is 5.57 Å². The Morgan fingerprint density at radius 2 is 1.93 bits per heavy atom. The predicted octanol–water partition coefficient (Wildman–Crippen LogP) is 2.31. The molecule has 2 unspecified atom stereocenters. The van der Waals surface area contributed by atoms with Crippen molar-refractivity contribution in [3.05, 3.63) is 42.0 Å². The third kappa shape index (κ3) is 1.28. The quantitative estimate of drug-likeness (QED) is 0.708. The molecule has 1 N–H and O–H groups in total. The average molecular weight is 185 g/mol. The molecule has 14 heavy (non-hydrogen) atoms. The monoisotopic (exact) mass is 185 g/mol. The number of nitrogens with one attached hydrogen (secondary N) is 1. The Labute approximate surface area is 84.8 Å². The van der Waals surface area contributed by atoms with Crippen LogP contribution in [-0.2, 0) is 0 Å². The van der Waals surface area contributed by atoms with Crippen molar-refractivity contribution < 1.29 is 0 Å². The Morgan fingerprint density at radius 1 is 1.07 bits per heavy atom. The molecule has 72 valence electrons. The van der Waals surface area contributed by atoms with E-state index in [0.717, 1.165) is 11.8 Å². The van der Waals surface area contributed by atoms with Crippen LogP contribution in [0.4, 0.5) is 0 Å². The van der Waals surface area contributed by atoms with Gasteiger partial charge in [0.15, 0.2) is 0 Å². The Hall–Kier alpha value is -1.08. The molecular weight excluding hydrogens is 170 g/mol. The highest BCUT2D eigenvalue weighted by Crippen LogP contribution is 2.37. The molecule has 1 heterocycles. The van der Waals surface area contributed by atoms with Gasteiger partial charge < -0.3 is 5.32 Å². The first kappa shape index (κ1) is 8.25. The Kier molecular flexibility index (Phi) is 1.91. The predicted molar refractivity (Wildman–Crippen MR) is 58.9 cm³/mol. The zero-order valence-corrected chi connectivity index (χ0v) is 8.24. The van der Waals surface area contributed by atoms with Crippen LogP contribution in [0.1, 0.15) is 12.0 Å². The molecule has 1 heteroatoms. The van der Waals surface area contributed by atoms with Crippen LogP contribution >= 0.6 is 0 Å². The maximum atomic E-state index is 3.45. The molecule has 1 saturated heterocycles. The van der Waals surface area contributed by atoms with Crippen LogP contribution in [0.2, 0.25) is 0 Å². The van der Waals surface area contributed by atoms with Gasteiger partial charge in [0.1, 0.15) is 0 Å². The lowest BCUT2D eigenvalue weighted by molar-refractivity contribution is 0.536. The van der Waals surface area contributed by atoms with Gasteiger partial charge in [-0.25, -0.2) is 0 Å². The lowest BCUT2D eigenvalue weighted by Gasteiger charge is -2.06. The average Bonchev–Trinajstić information content (AvgIpc) is 2.78. The van der Waals surface area contributed by atoms with Gasteiger partial charge in [0, 0.05) is 6.54 Å². The molecule has 0 amide bonds. The number of benzene rings is 1. The van der Waals surface area contributed by atoms with E-state index in [9.17, 15) is 0 Å². The fourth-order valence-electron chi connectivity index (χ4n) is 2.65. The van der Waals surface area contributed by atoms with Crippen molar-refractivity contribution >= 4 is 5.57 Å². The fraction of sp³-hybridized carbons (Fsp3) is 0.385. The molecule has 1 aliphatic heterocycles. The van der Waals surface area contributed by atoms with Gasteiger partial charge in [-0.05, 0) is 35.9 Å². The molecule has 0 aromatic heterocycles. The Balaban J connectivity index is 1.88. The molecule has 1 aromatic carbocycles. The van der Waals surface area contributed by atoms with Gasteiger partial charge in [-0.2, -0.15) is 0 Å². The molecule has 0 bridgehead atoms. The van der Waals surface area contributed by atoms with Crippen molar-refractivity contribution in [3.63, 3.8) is 0 Å². The summed E-state index contributed by atoms with van der Waals surface area (Å²) in [5, 5.41) is 3.45. The summed E-state index contributed by atoms with van der Waals surface area (Å²) in [5.74, 6) is 1.66. The summed E-state index contributed by atoms with van der Waals surface area (Å²) >= 11 is 0. The first-order valence-corrected chi connectivity index (χ1v) is 5.40. The summed E-state index contributed by atoms with van der Waals surface area (Å²) in [6.07, 6.45) is 3.74. The molecule has 1 nitrogen and oxygen atoms in total. The first-order valence-electron chi connectivity index (χ1n) is 5.40. The zero-order chi connectivity index (χ0) is 9.38. The molecule has 1 aromatic rings. The third-order valence-corrected chi connectivity index (χ3v) is 3.43. The van der Waals surface area contributed by atoms with E-state index in [2.05, 4.69) is 41.7 Å². The van der Waals surface area contributed by atoms with Crippen molar-refractivity contribution in [1.29, 1.82) is 0 Å². The van der Waals surface area contributed by atoms with Gasteiger partial charge >= 0.3 is 0 Å². The lowest BCUT2D eigenvalue weighted by atomic mass is 9.98. The van der Waals surface area contributed by atoms with Gasteiger partial charge in [0.25, 0.3) is 0 Å². The topological polar surface area (TPSA) is 12.0 Å². The number of hydrogen-bond donors (Lipinski definition) is 1. The van der Waals surface area contributed by atoms with Gasteiger partial charge in [0.2, 0.25) is 0 Å². The van der Waals surface area contributed by atoms with Crippen molar-refractivity contribution in [2.45, 2.75) is 6.42 Å². The Bertz CT molecular complexity index is 353. The van der Waals surface area contributed by atoms with E-state index in [1.807, 2.05) is 0 Å². The zero-order valence-electron chi connectivity index (χ0n) is 8.24. The summed E-state index contributed by atoms with van der Waals surface area (Å²) in [6, 6.07) is 10.8. The van der Waals surface area contributed by atoms with Crippen molar-refractivity contribution in [2.75, 3.05) is 13.1 Å². The molecule has 0 spiro atoms. The van der Waals surface area contributed by atoms with Crippen molar-refractivity contribution in [3.8, 4) is 0 Å². The summed E-state index contributed by atoms with van der Waals surface area (Å²) in [6.45, 7) is 2.39. The van der Waals surface area contributed by atoms with E-state index in [0.29, 0.717) is 0 Å². The van der Waals surface area contributed by atoms with Crippen LogP contribution in [0.5, 0.6) is 0 Å². The molecule has 0 saturated carbocycles. The third-order valence-electron chi connectivity index (χ3n) is 3.43. The van der Waals surface area contributed by atoms with E-state index < -0.39 is 0 Å². The number of fused-ring (bicyclic) bond motifs is 1. The standard InChI is InChI=1S/C13H15N/c1-2-4-10(5-3-1)11-6-12-8-14-9-13(12)7-11/h1-6,12-14H,7-9H2. The van der Waals surface area contributed by atoms with Crippen LogP contribution in [0.3, 0.4) is 0 Å². The second kappa shape index (κ2) is 3.25. The normalized spacial score (nSPS) is 30.1. The van der Waals surface area contributed by atoms with E-state index in [-0.39, 0.29) is 0 Å². The number of rotatable bonds is 1. The maximum absolute atomic E-state index is 3.45.